The van der Waals surface area contributed by atoms with Gasteiger partial charge in [0.25, 0.3) is 0 Å². The van der Waals surface area contributed by atoms with Crippen LogP contribution in [0.1, 0.15) is 19.3 Å². The van der Waals surface area contributed by atoms with E-state index in [1.807, 2.05) is 0 Å². The lowest BCUT2D eigenvalue weighted by Gasteiger charge is -2.21. The van der Waals surface area contributed by atoms with Crippen LogP contribution in [0.4, 0.5) is 0 Å². The van der Waals surface area contributed by atoms with Crippen LogP contribution in [-0.4, -0.2) is 17.0 Å². The molecule has 3 atom stereocenters. The van der Waals surface area contributed by atoms with Crippen LogP contribution in [0.25, 0.3) is 0 Å². The van der Waals surface area contributed by atoms with Gasteiger partial charge in [-0.25, -0.2) is 0 Å². The molecule has 0 radical (unpaired) electrons. The lowest BCUT2D eigenvalue weighted by Crippen LogP contribution is -2.21. The molecule has 2 rings (SSSR count). The Morgan fingerprint density at radius 2 is 2.09 bits per heavy atom. The highest BCUT2D eigenvalue weighted by molar-refractivity contribution is 5.84. The van der Waals surface area contributed by atoms with E-state index in [2.05, 4.69) is 12.2 Å². The van der Waals surface area contributed by atoms with Crippen LogP contribution in [0, 0.1) is 11.8 Å². The Hall–Kier alpha value is -0.630. The van der Waals surface area contributed by atoms with Gasteiger partial charge < -0.3 is 5.11 Å². The lowest BCUT2D eigenvalue weighted by molar-refractivity contribution is -0.121. The molecular formula is C9H12O2. The number of aliphatic hydroxyl groups is 1. The molecule has 2 nitrogen and oxygen atoms in total. The van der Waals surface area contributed by atoms with E-state index in [4.69, 9.17) is 0 Å². The molecule has 0 aromatic heterocycles. The van der Waals surface area contributed by atoms with Gasteiger partial charge in [-0.3, -0.25) is 4.79 Å². The molecule has 2 aliphatic carbocycles. The van der Waals surface area contributed by atoms with Gasteiger partial charge in [-0.05, 0) is 18.8 Å². The minimum atomic E-state index is -0.363. The molecule has 1 fully saturated rings. The second-order valence-corrected chi connectivity index (χ2v) is 3.45. The van der Waals surface area contributed by atoms with Gasteiger partial charge in [0.15, 0.2) is 0 Å². The molecule has 0 heterocycles. The molecule has 0 aliphatic heterocycles. The second kappa shape index (κ2) is 2.45. The van der Waals surface area contributed by atoms with E-state index in [-0.39, 0.29) is 23.7 Å². The average molecular weight is 152 g/mol. The number of carbonyl (C=O) groups excluding carboxylic acids is 1. The zero-order valence-corrected chi connectivity index (χ0v) is 6.36. The molecular weight excluding hydrogens is 140 g/mol. The molecule has 2 aliphatic rings. The number of rotatable bonds is 0. The molecule has 0 spiro atoms. The summed E-state index contributed by atoms with van der Waals surface area (Å²) in [5, 5.41) is 9.44. The van der Waals surface area contributed by atoms with Crippen molar-refractivity contribution in [2.24, 2.45) is 11.8 Å². The maximum atomic E-state index is 11.2. The van der Waals surface area contributed by atoms with Crippen LogP contribution in [0.15, 0.2) is 12.2 Å². The Kier molecular flexibility index (Phi) is 1.57. The summed E-state index contributed by atoms with van der Waals surface area (Å²) >= 11 is 0. The zero-order valence-electron chi connectivity index (χ0n) is 6.36. The Morgan fingerprint density at radius 1 is 1.36 bits per heavy atom. The number of fused-ring (bicyclic) bond motifs is 1. The van der Waals surface area contributed by atoms with Crippen molar-refractivity contribution in [3.8, 4) is 0 Å². The van der Waals surface area contributed by atoms with E-state index in [0.29, 0.717) is 6.42 Å². The fourth-order valence-corrected chi connectivity index (χ4v) is 2.14. The van der Waals surface area contributed by atoms with Crippen LogP contribution in [0.2, 0.25) is 0 Å². The van der Waals surface area contributed by atoms with E-state index >= 15 is 0 Å². The minimum Gasteiger partial charge on any atom is -0.392 e. The Bertz CT molecular complexity index is 208. The number of ketones is 1. The number of aliphatic hydroxyl groups excluding tert-OH is 1. The highest BCUT2D eigenvalue weighted by Crippen LogP contribution is 2.37. The van der Waals surface area contributed by atoms with Gasteiger partial charge in [-0.1, -0.05) is 12.2 Å². The van der Waals surface area contributed by atoms with Crippen LogP contribution in [0.3, 0.4) is 0 Å². The van der Waals surface area contributed by atoms with Crippen molar-refractivity contribution in [1.29, 1.82) is 0 Å². The Balaban J connectivity index is 2.21. The lowest BCUT2D eigenvalue weighted by atomic mass is 9.85. The third-order valence-electron chi connectivity index (χ3n) is 2.80. The van der Waals surface area contributed by atoms with E-state index in [1.165, 1.54) is 0 Å². The van der Waals surface area contributed by atoms with E-state index in [9.17, 15) is 9.90 Å². The predicted octanol–water partition coefficient (Wildman–Crippen LogP) is 0.903. The first kappa shape index (κ1) is 7.04. The van der Waals surface area contributed by atoms with E-state index in [0.717, 1.165) is 12.8 Å². The van der Waals surface area contributed by atoms with Gasteiger partial charge in [-0.2, -0.15) is 0 Å². The molecule has 1 saturated carbocycles. The van der Waals surface area contributed by atoms with Crippen molar-refractivity contribution in [1.82, 2.24) is 0 Å². The average Bonchev–Trinajstić information content (AvgIpc) is 2.30. The van der Waals surface area contributed by atoms with Gasteiger partial charge in [0, 0.05) is 12.3 Å². The SMILES string of the molecule is O=C1C[C@H](O)[C@H]2CC=CC[C@H]12. The number of hydrogen-bond acceptors (Lipinski definition) is 2. The Morgan fingerprint density at radius 3 is 2.82 bits per heavy atom. The van der Waals surface area contributed by atoms with Gasteiger partial charge >= 0.3 is 0 Å². The van der Waals surface area contributed by atoms with Crippen molar-refractivity contribution in [2.45, 2.75) is 25.4 Å². The summed E-state index contributed by atoms with van der Waals surface area (Å²) in [4.78, 5) is 11.2. The van der Waals surface area contributed by atoms with Crippen molar-refractivity contribution in [3.63, 3.8) is 0 Å². The van der Waals surface area contributed by atoms with Gasteiger partial charge in [0.1, 0.15) is 5.78 Å². The topological polar surface area (TPSA) is 37.3 Å². The molecule has 0 aromatic carbocycles. The summed E-state index contributed by atoms with van der Waals surface area (Å²) in [5.41, 5.74) is 0. The number of hydrogen-bond donors (Lipinski definition) is 1. The van der Waals surface area contributed by atoms with Crippen molar-refractivity contribution in [2.75, 3.05) is 0 Å². The van der Waals surface area contributed by atoms with Crippen LogP contribution < -0.4 is 0 Å². The molecule has 0 saturated heterocycles. The number of Topliss-reactive ketones (excluding diaryl/α,β-unsaturated/α-hetero) is 1. The molecule has 2 heteroatoms. The molecule has 60 valence electrons. The minimum absolute atomic E-state index is 0.134. The van der Waals surface area contributed by atoms with Gasteiger partial charge in [-0.15, -0.1) is 0 Å². The number of allylic oxidation sites excluding steroid dienone is 2. The predicted molar refractivity (Wildman–Crippen MR) is 41.0 cm³/mol. The van der Waals surface area contributed by atoms with Gasteiger partial charge in [0.2, 0.25) is 0 Å². The van der Waals surface area contributed by atoms with Crippen LogP contribution in [0.5, 0.6) is 0 Å². The first-order valence-corrected chi connectivity index (χ1v) is 4.15. The molecule has 0 aromatic rings. The summed E-state index contributed by atoms with van der Waals surface area (Å²) in [6, 6.07) is 0. The summed E-state index contributed by atoms with van der Waals surface area (Å²) in [6.45, 7) is 0. The quantitative estimate of drug-likeness (QED) is 0.524. The molecule has 11 heavy (non-hydrogen) atoms. The standard InChI is InChI=1S/C9H12O2/c10-8-5-9(11)7-4-2-1-3-6(7)8/h1-2,6-8,10H,3-5H2/t6-,7-,8-/m0/s1. The van der Waals surface area contributed by atoms with E-state index in [1.54, 1.807) is 0 Å². The third kappa shape index (κ3) is 1.02. The maximum absolute atomic E-state index is 11.2. The normalized spacial score (nSPS) is 42.6. The fraction of sp³-hybridized carbons (Fsp3) is 0.667. The van der Waals surface area contributed by atoms with Gasteiger partial charge in [0.05, 0.1) is 6.10 Å². The highest BCUT2D eigenvalue weighted by Gasteiger charge is 2.40. The third-order valence-corrected chi connectivity index (χ3v) is 2.80. The summed E-state index contributed by atoms with van der Waals surface area (Å²) in [5.74, 6) is 0.620. The van der Waals surface area contributed by atoms with Crippen LogP contribution in [-0.2, 0) is 4.79 Å². The molecule has 0 unspecified atom stereocenters. The van der Waals surface area contributed by atoms with E-state index < -0.39 is 0 Å². The first-order chi connectivity index (χ1) is 5.29. The summed E-state index contributed by atoms with van der Waals surface area (Å²) in [7, 11) is 0. The Labute approximate surface area is 65.9 Å². The van der Waals surface area contributed by atoms with Crippen molar-refractivity contribution in [3.05, 3.63) is 12.2 Å². The highest BCUT2D eigenvalue weighted by atomic mass is 16.3. The molecule has 0 amide bonds. The first-order valence-electron chi connectivity index (χ1n) is 4.15. The zero-order chi connectivity index (χ0) is 7.84. The van der Waals surface area contributed by atoms with Crippen LogP contribution >= 0.6 is 0 Å². The van der Waals surface area contributed by atoms with Crippen molar-refractivity contribution < 1.29 is 9.90 Å². The fourth-order valence-electron chi connectivity index (χ4n) is 2.14. The largest absolute Gasteiger partial charge is 0.392 e. The summed E-state index contributed by atoms with van der Waals surface area (Å²) in [6.07, 6.45) is 5.88. The monoisotopic (exact) mass is 152 g/mol. The number of carbonyl (C=O) groups is 1. The summed E-state index contributed by atoms with van der Waals surface area (Å²) < 4.78 is 0. The molecule has 1 N–H and O–H groups in total. The molecule has 0 bridgehead atoms. The second-order valence-electron chi connectivity index (χ2n) is 3.45. The smallest absolute Gasteiger partial charge is 0.139 e. The maximum Gasteiger partial charge on any atom is 0.139 e. The van der Waals surface area contributed by atoms with Crippen molar-refractivity contribution >= 4 is 5.78 Å².